The van der Waals surface area contributed by atoms with Crippen LogP contribution in [0, 0.1) is 11.3 Å². The Bertz CT molecular complexity index is 798. The Morgan fingerprint density at radius 2 is 2.19 bits per heavy atom. The van der Waals surface area contributed by atoms with Crippen molar-refractivity contribution < 1.29 is 14.3 Å². The maximum atomic E-state index is 12.2. The van der Waals surface area contributed by atoms with Crippen LogP contribution >= 0.6 is 0 Å². The molecule has 26 heavy (non-hydrogen) atoms. The molecule has 0 unspecified atom stereocenters. The van der Waals surface area contributed by atoms with Crippen molar-refractivity contribution in [3.63, 3.8) is 0 Å². The summed E-state index contributed by atoms with van der Waals surface area (Å²) in [6.45, 7) is 2.67. The topological polar surface area (TPSA) is 75.5 Å². The standard InChI is InChI=1S/C20H21N3O3/c1-3-23(13-11-21)20(24)10-7-16-14-18(25-2)8-9-19(16)26-15-17-6-4-5-12-22-17/h4-10,12,14H,3,13,15H2,1-2H3. The lowest BCUT2D eigenvalue weighted by Crippen LogP contribution is -2.29. The smallest absolute Gasteiger partial charge is 0.247 e. The van der Waals surface area contributed by atoms with E-state index >= 15 is 0 Å². The van der Waals surface area contributed by atoms with Gasteiger partial charge in [0, 0.05) is 24.4 Å². The normalized spacial score (nSPS) is 10.3. The van der Waals surface area contributed by atoms with Crippen LogP contribution in [-0.4, -0.2) is 36.0 Å². The van der Waals surface area contributed by atoms with Crippen molar-refractivity contribution in [2.45, 2.75) is 13.5 Å². The van der Waals surface area contributed by atoms with Gasteiger partial charge in [-0.3, -0.25) is 9.78 Å². The van der Waals surface area contributed by atoms with Crippen molar-refractivity contribution >= 4 is 12.0 Å². The summed E-state index contributed by atoms with van der Waals surface area (Å²) in [5.41, 5.74) is 1.52. The molecule has 134 valence electrons. The van der Waals surface area contributed by atoms with Crippen LogP contribution in [0.25, 0.3) is 6.08 Å². The van der Waals surface area contributed by atoms with Crippen LogP contribution in [0.5, 0.6) is 11.5 Å². The number of carbonyl (C=O) groups excluding carboxylic acids is 1. The third-order valence-corrected chi connectivity index (χ3v) is 3.68. The van der Waals surface area contributed by atoms with Crippen LogP contribution in [0.4, 0.5) is 0 Å². The van der Waals surface area contributed by atoms with Gasteiger partial charge in [0.1, 0.15) is 24.7 Å². The van der Waals surface area contributed by atoms with Gasteiger partial charge in [-0.1, -0.05) is 6.07 Å². The highest BCUT2D eigenvalue weighted by Gasteiger charge is 2.09. The zero-order valence-electron chi connectivity index (χ0n) is 14.9. The van der Waals surface area contributed by atoms with Gasteiger partial charge in [-0.05, 0) is 43.3 Å². The molecule has 2 rings (SSSR count). The third-order valence-electron chi connectivity index (χ3n) is 3.68. The average Bonchev–Trinajstić information content (AvgIpc) is 2.69. The molecule has 2 aromatic rings. The predicted molar refractivity (Wildman–Crippen MR) is 98.5 cm³/mol. The van der Waals surface area contributed by atoms with Crippen molar-refractivity contribution in [1.82, 2.24) is 9.88 Å². The molecule has 0 saturated carbocycles. The van der Waals surface area contributed by atoms with Gasteiger partial charge in [0.25, 0.3) is 0 Å². The van der Waals surface area contributed by atoms with Crippen LogP contribution in [-0.2, 0) is 11.4 Å². The number of hydrogen-bond donors (Lipinski definition) is 0. The highest BCUT2D eigenvalue weighted by atomic mass is 16.5. The summed E-state index contributed by atoms with van der Waals surface area (Å²) < 4.78 is 11.1. The molecule has 6 nitrogen and oxygen atoms in total. The Hall–Kier alpha value is -3.33. The number of ether oxygens (including phenoxy) is 2. The first-order valence-electron chi connectivity index (χ1n) is 8.22. The molecule has 0 N–H and O–H groups in total. The van der Waals surface area contributed by atoms with Crippen molar-refractivity contribution in [3.05, 3.63) is 59.9 Å². The first kappa shape index (κ1) is 19.0. The zero-order valence-corrected chi connectivity index (χ0v) is 14.9. The van der Waals surface area contributed by atoms with Crippen LogP contribution in [0.3, 0.4) is 0 Å². The summed E-state index contributed by atoms with van der Waals surface area (Å²) in [6.07, 6.45) is 4.81. The van der Waals surface area contributed by atoms with Gasteiger partial charge < -0.3 is 14.4 Å². The Kier molecular flexibility index (Phi) is 7.19. The highest BCUT2D eigenvalue weighted by molar-refractivity contribution is 5.92. The summed E-state index contributed by atoms with van der Waals surface area (Å²) in [5, 5.41) is 8.78. The van der Waals surface area contributed by atoms with Crippen LogP contribution in [0.2, 0.25) is 0 Å². The minimum Gasteiger partial charge on any atom is -0.497 e. The molecular weight excluding hydrogens is 330 g/mol. The molecular formula is C20H21N3O3. The summed E-state index contributed by atoms with van der Waals surface area (Å²) >= 11 is 0. The molecule has 0 bridgehead atoms. The number of benzene rings is 1. The lowest BCUT2D eigenvalue weighted by atomic mass is 10.1. The highest BCUT2D eigenvalue weighted by Crippen LogP contribution is 2.26. The molecule has 0 aliphatic heterocycles. The van der Waals surface area contributed by atoms with E-state index in [1.165, 1.54) is 11.0 Å². The third kappa shape index (κ3) is 5.35. The first-order chi connectivity index (χ1) is 12.7. The van der Waals surface area contributed by atoms with Crippen LogP contribution in [0.15, 0.2) is 48.7 Å². The molecule has 0 spiro atoms. The van der Waals surface area contributed by atoms with Crippen LogP contribution < -0.4 is 9.47 Å². The van der Waals surface area contributed by atoms with E-state index in [0.717, 1.165) is 5.69 Å². The lowest BCUT2D eigenvalue weighted by Gasteiger charge is -2.14. The van der Waals surface area contributed by atoms with Crippen molar-refractivity contribution in [2.75, 3.05) is 20.2 Å². The van der Waals surface area contributed by atoms with Gasteiger partial charge in [0.2, 0.25) is 5.91 Å². The van der Waals surface area contributed by atoms with E-state index in [0.29, 0.717) is 30.2 Å². The van der Waals surface area contributed by atoms with E-state index in [-0.39, 0.29) is 12.5 Å². The Morgan fingerprint density at radius 3 is 2.85 bits per heavy atom. The zero-order chi connectivity index (χ0) is 18.8. The number of methoxy groups -OCH3 is 1. The van der Waals surface area contributed by atoms with Gasteiger partial charge in [-0.2, -0.15) is 5.26 Å². The van der Waals surface area contributed by atoms with Gasteiger partial charge in [0.05, 0.1) is 18.9 Å². The minimum absolute atomic E-state index is 0.0564. The second-order valence-electron chi connectivity index (χ2n) is 5.36. The van der Waals surface area contributed by atoms with E-state index in [1.807, 2.05) is 31.2 Å². The molecule has 0 radical (unpaired) electrons. The quantitative estimate of drug-likeness (QED) is 0.540. The van der Waals surface area contributed by atoms with Crippen molar-refractivity contribution in [3.8, 4) is 17.6 Å². The number of nitriles is 1. The Morgan fingerprint density at radius 1 is 1.35 bits per heavy atom. The molecule has 0 fully saturated rings. The largest absolute Gasteiger partial charge is 0.497 e. The number of nitrogens with zero attached hydrogens (tertiary/aromatic N) is 3. The van der Waals surface area contributed by atoms with E-state index in [1.54, 1.807) is 37.6 Å². The molecule has 0 aliphatic carbocycles. The van der Waals surface area contributed by atoms with E-state index in [2.05, 4.69) is 4.98 Å². The van der Waals surface area contributed by atoms with E-state index in [4.69, 9.17) is 14.7 Å². The molecule has 0 atom stereocenters. The molecule has 1 aromatic heterocycles. The van der Waals surface area contributed by atoms with Crippen LogP contribution in [0.1, 0.15) is 18.2 Å². The number of hydrogen-bond acceptors (Lipinski definition) is 5. The summed E-state index contributed by atoms with van der Waals surface area (Å²) in [5.74, 6) is 1.04. The number of likely N-dealkylation sites (N-methyl/N-ethyl adjacent to an activating group) is 1. The lowest BCUT2D eigenvalue weighted by molar-refractivity contribution is -0.125. The summed E-state index contributed by atoms with van der Waals surface area (Å²) in [4.78, 5) is 17.9. The number of carbonyl (C=O) groups is 1. The number of pyridine rings is 1. The first-order valence-corrected chi connectivity index (χ1v) is 8.22. The van der Waals surface area contributed by atoms with Gasteiger partial charge >= 0.3 is 0 Å². The minimum atomic E-state index is -0.229. The SMILES string of the molecule is CCN(CC#N)C(=O)C=Cc1cc(OC)ccc1OCc1ccccn1. The number of rotatable bonds is 8. The Balaban J connectivity index is 2.18. The molecule has 0 saturated heterocycles. The van der Waals surface area contributed by atoms with Gasteiger partial charge in [-0.15, -0.1) is 0 Å². The number of amides is 1. The Labute approximate surface area is 153 Å². The van der Waals surface area contributed by atoms with Crippen molar-refractivity contribution in [2.24, 2.45) is 0 Å². The fourth-order valence-electron chi connectivity index (χ4n) is 2.25. The summed E-state index contributed by atoms with van der Waals surface area (Å²) in [6, 6.07) is 13.0. The fourth-order valence-corrected chi connectivity index (χ4v) is 2.25. The average molecular weight is 351 g/mol. The second kappa shape index (κ2) is 9.84. The molecule has 1 heterocycles. The summed E-state index contributed by atoms with van der Waals surface area (Å²) in [7, 11) is 1.58. The second-order valence-corrected chi connectivity index (χ2v) is 5.36. The molecule has 1 aromatic carbocycles. The molecule has 6 heteroatoms. The van der Waals surface area contributed by atoms with Gasteiger partial charge in [0.15, 0.2) is 0 Å². The van der Waals surface area contributed by atoms with Gasteiger partial charge in [-0.25, -0.2) is 0 Å². The maximum absolute atomic E-state index is 12.2. The van der Waals surface area contributed by atoms with E-state index in [9.17, 15) is 4.79 Å². The maximum Gasteiger partial charge on any atom is 0.247 e. The number of aromatic nitrogens is 1. The molecule has 0 aliphatic rings. The monoisotopic (exact) mass is 351 g/mol. The van der Waals surface area contributed by atoms with E-state index < -0.39 is 0 Å². The molecule has 1 amide bonds. The predicted octanol–water partition coefficient (Wildman–Crippen LogP) is 3.05. The van der Waals surface area contributed by atoms with Crippen molar-refractivity contribution in [1.29, 1.82) is 5.26 Å². The fraction of sp³-hybridized carbons (Fsp3) is 0.250.